The van der Waals surface area contributed by atoms with Gasteiger partial charge in [0.1, 0.15) is 5.25 Å². The Morgan fingerprint density at radius 3 is 2.34 bits per heavy atom. The standard InChI is InChI=1S/C23H23N3O2S/c1-17-16-20(18-8-4-2-5-9-18)25-23(24-17)29-21(19-10-6-3-7-11-19)22(27)26-12-14-28-15-13-26/h2-11,16,21H,12-15H2,1H3/t21-/m1/s1. The van der Waals surface area contributed by atoms with Crippen LogP contribution in [0.25, 0.3) is 11.3 Å². The van der Waals surface area contributed by atoms with E-state index in [4.69, 9.17) is 9.72 Å². The summed E-state index contributed by atoms with van der Waals surface area (Å²) in [5.41, 5.74) is 3.74. The Balaban J connectivity index is 1.66. The highest BCUT2D eigenvalue weighted by atomic mass is 32.2. The van der Waals surface area contributed by atoms with Crippen molar-refractivity contribution in [2.24, 2.45) is 0 Å². The zero-order valence-corrected chi connectivity index (χ0v) is 17.1. The third-order valence-corrected chi connectivity index (χ3v) is 5.88. The van der Waals surface area contributed by atoms with Gasteiger partial charge < -0.3 is 9.64 Å². The second-order valence-corrected chi connectivity index (χ2v) is 7.96. The maximum atomic E-state index is 13.3. The summed E-state index contributed by atoms with van der Waals surface area (Å²) in [7, 11) is 0. The Bertz CT molecular complexity index is 960. The molecule has 1 fully saturated rings. The Hall–Kier alpha value is -2.70. The van der Waals surface area contributed by atoms with Crippen molar-refractivity contribution in [1.29, 1.82) is 0 Å². The van der Waals surface area contributed by atoms with Crippen LogP contribution >= 0.6 is 11.8 Å². The molecule has 0 radical (unpaired) electrons. The first-order chi connectivity index (χ1) is 14.2. The molecule has 4 rings (SSSR count). The van der Waals surface area contributed by atoms with E-state index >= 15 is 0 Å². The van der Waals surface area contributed by atoms with Gasteiger partial charge >= 0.3 is 0 Å². The lowest BCUT2D eigenvalue weighted by atomic mass is 10.1. The minimum atomic E-state index is -0.389. The lowest BCUT2D eigenvalue weighted by molar-refractivity contribution is -0.134. The number of benzene rings is 2. The molecular formula is C23H23N3O2S. The van der Waals surface area contributed by atoms with Crippen LogP contribution in [0.1, 0.15) is 16.5 Å². The number of nitrogens with zero attached hydrogens (tertiary/aromatic N) is 3. The van der Waals surface area contributed by atoms with Gasteiger partial charge in [0.25, 0.3) is 0 Å². The normalized spacial score (nSPS) is 15.1. The van der Waals surface area contributed by atoms with Crippen LogP contribution in [0.3, 0.4) is 0 Å². The van der Waals surface area contributed by atoms with Gasteiger partial charge in [0.15, 0.2) is 5.16 Å². The van der Waals surface area contributed by atoms with E-state index in [9.17, 15) is 4.79 Å². The summed E-state index contributed by atoms with van der Waals surface area (Å²) < 4.78 is 5.41. The van der Waals surface area contributed by atoms with E-state index in [0.717, 1.165) is 22.5 Å². The number of ether oxygens (including phenoxy) is 1. The minimum Gasteiger partial charge on any atom is -0.378 e. The highest BCUT2D eigenvalue weighted by Gasteiger charge is 2.29. The van der Waals surface area contributed by atoms with Gasteiger partial charge in [-0.25, -0.2) is 9.97 Å². The fraction of sp³-hybridized carbons (Fsp3) is 0.261. The lowest BCUT2D eigenvalue weighted by Crippen LogP contribution is -2.42. The Labute approximate surface area is 175 Å². The van der Waals surface area contributed by atoms with Crippen molar-refractivity contribution in [3.63, 3.8) is 0 Å². The monoisotopic (exact) mass is 405 g/mol. The van der Waals surface area contributed by atoms with Gasteiger partial charge in [-0.1, -0.05) is 72.4 Å². The summed E-state index contributed by atoms with van der Waals surface area (Å²) >= 11 is 1.41. The molecule has 1 aromatic heterocycles. The zero-order chi connectivity index (χ0) is 20.1. The quantitative estimate of drug-likeness (QED) is 0.472. The maximum Gasteiger partial charge on any atom is 0.240 e. The summed E-state index contributed by atoms with van der Waals surface area (Å²) in [4.78, 5) is 24.6. The number of thioether (sulfide) groups is 1. The van der Waals surface area contributed by atoms with E-state index in [1.165, 1.54) is 11.8 Å². The van der Waals surface area contributed by atoms with Crippen molar-refractivity contribution < 1.29 is 9.53 Å². The van der Waals surface area contributed by atoms with Gasteiger partial charge in [0, 0.05) is 24.3 Å². The van der Waals surface area contributed by atoms with Gasteiger partial charge in [-0.3, -0.25) is 4.79 Å². The molecule has 6 heteroatoms. The van der Waals surface area contributed by atoms with Crippen LogP contribution in [0.15, 0.2) is 71.9 Å². The topological polar surface area (TPSA) is 55.3 Å². The highest BCUT2D eigenvalue weighted by molar-refractivity contribution is 8.00. The molecule has 3 aromatic rings. The van der Waals surface area contributed by atoms with Gasteiger partial charge in [-0.15, -0.1) is 0 Å². The van der Waals surface area contributed by atoms with E-state index in [2.05, 4.69) is 4.98 Å². The molecule has 0 bridgehead atoms. The molecule has 29 heavy (non-hydrogen) atoms. The third-order valence-electron chi connectivity index (χ3n) is 4.78. The first kappa shape index (κ1) is 19.6. The molecule has 0 N–H and O–H groups in total. The molecule has 0 spiro atoms. The van der Waals surface area contributed by atoms with Gasteiger partial charge in [-0.2, -0.15) is 0 Å². The summed E-state index contributed by atoms with van der Waals surface area (Å²) in [5, 5.41) is 0.221. The minimum absolute atomic E-state index is 0.0795. The lowest BCUT2D eigenvalue weighted by Gasteiger charge is -2.30. The summed E-state index contributed by atoms with van der Waals surface area (Å²) in [6.07, 6.45) is 0. The van der Waals surface area contributed by atoms with Crippen LogP contribution in [0.4, 0.5) is 0 Å². The Morgan fingerprint density at radius 2 is 1.66 bits per heavy atom. The number of morpholine rings is 1. The van der Waals surface area contributed by atoms with Crippen molar-refractivity contribution in [1.82, 2.24) is 14.9 Å². The number of aryl methyl sites for hydroxylation is 1. The van der Waals surface area contributed by atoms with Crippen LogP contribution < -0.4 is 0 Å². The molecule has 1 aliphatic heterocycles. The van der Waals surface area contributed by atoms with Crippen LogP contribution in [0.2, 0.25) is 0 Å². The summed E-state index contributed by atoms with van der Waals surface area (Å²) in [6, 6.07) is 21.9. The van der Waals surface area contributed by atoms with Crippen LogP contribution in [-0.4, -0.2) is 47.1 Å². The number of aromatic nitrogens is 2. The maximum absolute atomic E-state index is 13.3. The number of carbonyl (C=O) groups is 1. The van der Waals surface area contributed by atoms with Crippen LogP contribution in [0.5, 0.6) is 0 Å². The van der Waals surface area contributed by atoms with Gasteiger partial charge in [-0.05, 0) is 18.6 Å². The largest absolute Gasteiger partial charge is 0.378 e. The number of amides is 1. The molecule has 2 aromatic carbocycles. The molecule has 1 amide bonds. The smallest absolute Gasteiger partial charge is 0.240 e. The van der Waals surface area contributed by atoms with E-state index in [0.29, 0.717) is 31.5 Å². The number of hydrogen-bond acceptors (Lipinski definition) is 5. The molecule has 1 aliphatic rings. The molecule has 0 unspecified atom stereocenters. The molecule has 0 saturated carbocycles. The van der Waals surface area contributed by atoms with Crippen molar-refractivity contribution in [3.8, 4) is 11.3 Å². The van der Waals surface area contributed by atoms with Crippen molar-refractivity contribution >= 4 is 17.7 Å². The van der Waals surface area contributed by atoms with E-state index in [1.54, 1.807) is 0 Å². The first-order valence-electron chi connectivity index (χ1n) is 9.70. The second-order valence-electron chi connectivity index (χ2n) is 6.89. The first-order valence-corrected chi connectivity index (χ1v) is 10.6. The molecule has 2 heterocycles. The van der Waals surface area contributed by atoms with Crippen LogP contribution in [-0.2, 0) is 9.53 Å². The van der Waals surface area contributed by atoms with E-state index in [1.807, 2.05) is 78.6 Å². The van der Waals surface area contributed by atoms with Crippen molar-refractivity contribution in [3.05, 3.63) is 78.0 Å². The highest BCUT2D eigenvalue weighted by Crippen LogP contribution is 2.36. The molecule has 1 saturated heterocycles. The number of hydrogen-bond donors (Lipinski definition) is 0. The predicted molar refractivity (Wildman–Crippen MR) is 115 cm³/mol. The average molecular weight is 406 g/mol. The Kier molecular flexibility index (Phi) is 6.22. The van der Waals surface area contributed by atoms with E-state index < -0.39 is 0 Å². The SMILES string of the molecule is Cc1cc(-c2ccccc2)nc(S[C@@H](C(=O)N2CCOCC2)c2ccccc2)n1. The van der Waals surface area contributed by atoms with Gasteiger partial charge in [0.05, 0.1) is 18.9 Å². The molecule has 148 valence electrons. The second kappa shape index (κ2) is 9.20. The predicted octanol–water partition coefficient (Wildman–Crippen LogP) is 4.14. The van der Waals surface area contributed by atoms with E-state index in [-0.39, 0.29) is 11.2 Å². The fourth-order valence-corrected chi connectivity index (χ4v) is 4.40. The molecular weight excluding hydrogens is 382 g/mol. The molecule has 1 atom stereocenters. The zero-order valence-electron chi connectivity index (χ0n) is 16.3. The summed E-state index contributed by atoms with van der Waals surface area (Å²) in [6.45, 7) is 4.35. The van der Waals surface area contributed by atoms with Crippen LogP contribution in [0, 0.1) is 6.92 Å². The molecule has 5 nitrogen and oxygen atoms in total. The van der Waals surface area contributed by atoms with Gasteiger partial charge in [0.2, 0.25) is 5.91 Å². The molecule has 0 aliphatic carbocycles. The van der Waals surface area contributed by atoms with Crippen molar-refractivity contribution in [2.75, 3.05) is 26.3 Å². The number of carbonyl (C=O) groups excluding carboxylic acids is 1. The average Bonchev–Trinajstić information content (AvgIpc) is 2.78. The fourth-order valence-electron chi connectivity index (χ4n) is 3.29. The van der Waals surface area contributed by atoms with Crippen molar-refractivity contribution in [2.45, 2.75) is 17.3 Å². The third kappa shape index (κ3) is 4.83. The summed E-state index contributed by atoms with van der Waals surface area (Å²) in [5.74, 6) is 0.0795. The Morgan fingerprint density at radius 1 is 1.00 bits per heavy atom. The number of rotatable bonds is 5.